The van der Waals surface area contributed by atoms with Gasteiger partial charge in [0.15, 0.2) is 0 Å². The van der Waals surface area contributed by atoms with E-state index in [-0.39, 0.29) is 46.7 Å². The van der Waals surface area contributed by atoms with E-state index in [0.717, 1.165) is 25.7 Å². The Morgan fingerprint density at radius 1 is 1.08 bits per heavy atom. The normalized spacial score (nSPS) is 17.3. The Hall–Kier alpha value is -2.94. The molecule has 2 fully saturated rings. The zero-order valence-corrected chi connectivity index (χ0v) is 21.4. The van der Waals surface area contributed by atoms with E-state index < -0.39 is 11.8 Å². The van der Waals surface area contributed by atoms with Crippen LogP contribution in [0.2, 0.25) is 5.02 Å². The van der Waals surface area contributed by atoms with Crippen molar-refractivity contribution in [2.24, 2.45) is 11.8 Å². The predicted octanol–water partition coefficient (Wildman–Crippen LogP) is 4.49. The summed E-state index contributed by atoms with van der Waals surface area (Å²) in [5.74, 6) is -0.195. The molecule has 2 saturated heterocycles. The smallest absolute Gasteiger partial charge is 0.315 e. The van der Waals surface area contributed by atoms with E-state index in [1.807, 2.05) is 0 Å². The Morgan fingerprint density at radius 3 is 2.28 bits per heavy atom. The fourth-order valence-electron chi connectivity index (χ4n) is 5.32. The largest absolute Gasteiger partial charge is 0.466 e. The molecule has 1 aromatic carbocycles. The molecule has 2 aromatic rings. The number of hydrogen-bond acceptors (Lipinski definition) is 6. The number of benzene rings is 1. The van der Waals surface area contributed by atoms with Gasteiger partial charge in [0.05, 0.1) is 17.2 Å². The van der Waals surface area contributed by atoms with Crippen molar-refractivity contribution in [2.45, 2.75) is 46.0 Å². The zero-order chi connectivity index (χ0) is 25.8. The van der Waals surface area contributed by atoms with Crippen LogP contribution in [0.1, 0.15) is 55.1 Å². The van der Waals surface area contributed by atoms with Gasteiger partial charge in [-0.2, -0.15) is 0 Å². The first-order valence-electron chi connectivity index (χ1n) is 12.4. The van der Waals surface area contributed by atoms with E-state index >= 15 is 0 Å². The first-order valence-corrected chi connectivity index (χ1v) is 12.8. The minimum absolute atomic E-state index is 0.0681. The summed E-state index contributed by atoms with van der Waals surface area (Å²) in [4.78, 5) is 40.9. The molecule has 0 spiro atoms. The number of amides is 2. The number of piperidine rings is 2. The highest BCUT2D eigenvalue weighted by Gasteiger charge is 2.35. The maximum absolute atomic E-state index is 14.5. The van der Waals surface area contributed by atoms with Crippen molar-refractivity contribution >= 4 is 29.4 Å². The molecule has 1 aromatic heterocycles. The number of esters is 1. The third-order valence-electron chi connectivity index (χ3n) is 7.26. The number of halogens is 2. The lowest BCUT2D eigenvalue weighted by Gasteiger charge is -2.40. The van der Waals surface area contributed by atoms with Crippen LogP contribution in [0.25, 0.3) is 11.3 Å². The van der Waals surface area contributed by atoms with Crippen LogP contribution < -0.4 is 0 Å². The van der Waals surface area contributed by atoms with Crippen LogP contribution in [0.5, 0.6) is 0 Å². The number of rotatable bonds is 6. The van der Waals surface area contributed by atoms with Crippen molar-refractivity contribution in [1.29, 1.82) is 0 Å². The molecule has 10 heteroatoms. The highest BCUT2D eigenvalue weighted by atomic mass is 35.5. The molecule has 8 nitrogen and oxygen atoms in total. The van der Waals surface area contributed by atoms with Crippen molar-refractivity contribution in [3.8, 4) is 11.3 Å². The number of likely N-dealkylation sites (tertiary alicyclic amines) is 2. The zero-order valence-electron chi connectivity index (χ0n) is 20.6. The van der Waals surface area contributed by atoms with Gasteiger partial charge < -0.3 is 19.1 Å². The van der Waals surface area contributed by atoms with Crippen molar-refractivity contribution in [1.82, 2.24) is 15.0 Å². The second kappa shape index (κ2) is 11.4. The summed E-state index contributed by atoms with van der Waals surface area (Å²) in [5.41, 5.74) is 0.440. The third kappa shape index (κ3) is 5.56. The predicted molar refractivity (Wildman–Crippen MR) is 131 cm³/mol. The number of aromatic nitrogens is 1. The Labute approximate surface area is 214 Å². The summed E-state index contributed by atoms with van der Waals surface area (Å²) in [7, 11) is 0. The molecule has 0 saturated carbocycles. The second-order valence-corrected chi connectivity index (χ2v) is 9.80. The number of aryl methyl sites for hydroxylation is 1. The van der Waals surface area contributed by atoms with Crippen LogP contribution in [0.4, 0.5) is 4.39 Å². The quantitative estimate of drug-likeness (QED) is 0.412. The number of ether oxygens (including phenoxy) is 1. The average Bonchev–Trinajstić information content (AvgIpc) is 3.24. The standard InChI is InChI=1S/C26H31ClFN3O5/c1-3-35-22(33)15-21(32)30-11-7-17(8-12-30)18-9-13-31(14-10-18)26(34)23-16(2)36-29-25(23)24-19(27)5-4-6-20(24)28/h4-6,17-18H,3,7-15H2,1-2H3. The van der Waals surface area contributed by atoms with Crippen LogP contribution in [0.15, 0.2) is 22.7 Å². The molecule has 0 N–H and O–H groups in total. The van der Waals surface area contributed by atoms with Crippen molar-refractivity contribution in [3.05, 3.63) is 40.4 Å². The number of carbonyl (C=O) groups is 3. The summed E-state index contributed by atoms with van der Waals surface area (Å²) in [6, 6.07) is 4.33. The van der Waals surface area contributed by atoms with Gasteiger partial charge in [0.1, 0.15) is 29.3 Å². The van der Waals surface area contributed by atoms with Crippen LogP contribution in [-0.2, 0) is 14.3 Å². The Morgan fingerprint density at radius 2 is 1.69 bits per heavy atom. The molecule has 0 radical (unpaired) electrons. The van der Waals surface area contributed by atoms with Gasteiger partial charge in [0.2, 0.25) is 5.91 Å². The molecule has 4 rings (SSSR count). The summed E-state index contributed by atoms with van der Waals surface area (Å²) < 4.78 is 24.7. The number of carbonyl (C=O) groups excluding carboxylic acids is 3. The summed E-state index contributed by atoms with van der Waals surface area (Å²) >= 11 is 6.22. The molecule has 2 aliphatic heterocycles. The average molecular weight is 520 g/mol. The van der Waals surface area contributed by atoms with Gasteiger partial charge in [-0.05, 0) is 63.5 Å². The van der Waals surface area contributed by atoms with Crippen molar-refractivity contribution in [3.63, 3.8) is 0 Å². The van der Waals surface area contributed by atoms with E-state index in [0.29, 0.717) is 43.8 Å². The van der Waals surface area contributed by atoms with Gasteiger partial charge in [0, 0.05) is 26.2 Å². The van der Waals surface area contributed by atoms with Gasteiger partial charge in [0.25, 0.3) is 5.91 Å². The van der Waals surface area contributed by atoms with Gasteiger partial charge in [-0.25, -0.2) is 4.39 Å². The maximum Gasteiger partial charge on any atom is 0.315 e. The number of hydrogen-bond donors (Lipinski definition) is 0. The Kier molecular flexibility index (Phi) is 8.28. The Bertz CT molecular complexity index is 1100. The van der Waals surface area contributed by atoms with E-state index in [9.17, 15) is 18.8 Å². The van der Waals surface area contributed by atoms with Crippen LogP contribution in [0, 0.1) is 24.6 Å². The van der Waals surface area contributed by atoms with Crippen molar-refractivity contribution < 1.29 is 28.0 Å². The van der Waals surface area contributed by atoms with E-state index in [1.54, 1.807) is 29.7 Å². The molecule has 194 valence electrons. The van der Waals surface area contributed by atoms with Crippen LogP contribution in [0.3, 0.4) is 0 Å². The highest BCUT2D eigenvalue weighted by molar-refractivity contribution is 6.33. The summed E-state index contributed by atoms with van der Waals surface area (Å²) in [6.45, 7) is 6.06. The van der Waals surface area contributed by atoms with E-state index in [4.69, 9.17) is 20.9 Å². The van der Waals surface area contributed by atoms with Crippen LogP contribution in [-0.4, -0.2) is 65.5 Å². The number of nitrogens with zero attached hydrogens (tertiary/aromatic N) is 3. The molecular weight excluding hydrogens is 489 g/mol. The van der Waals surface area contributed by atoms with Crippen LogP contribution >= 0.6 is 11.6 Å². The monoisotopic (exact) mass is 519 g/mol. The first kappa shape index (κ1) is 26.1. The van der Waals surface area contributed by atoms with Gasteiger partial charge in [-0.3, -0.25) is 14.4 Å². The Balaban J connectivity index is 1.34. The fraction of sp³-hybridized carbons (Fsp3) is 0.538. The van der Waals surface area contributed by atoms with E-state index in [2.05, 4.69) is 5.16 Å². The topological polar surface area (TPSA) is 93.0 Å². The summed E-state index contributed by atoms with van der Waals surface area (Å²) in [6.07, 6.45) is 3.27. The van der Waals surface area contributed by atoms with Gasteiger partial charge in [-0.15, -0.1) is 0 Å². The molecule has 2 aliphatic rings. The van der Waals surface area contributed by atoms with E-state index in [1.165, 1.54) is 12.1 Å². The minimum Gasteiger partial charge on any atom is -0.466 e. The maximum atomic E-state index is 14.5. The third-order valence-corrected chi connectivity index (χ3v) is 7.58. The lowest BCUT2D eigenvalue weighted by Crippen LogP contribution is -2.44. The molecule has 0 bridgehead atoms. The first-order chi connectivity index (χ1) is 17.3. The molecule has 0 unspecified atom stereocenters. The molecule has 0 atom stereocenters. The SMILES string of the molecule is CCOC(=O)CC(=O)N1CCC(C2CCN(C(=O)c3c(-c4c(F)cccc4Cl)noc3C)CC2)CC1. The molecule has 2 amide bonds. The lowest BCUT2D eigenvalue weighted by molar-refractivity contribution is -0.149. The molecular formula is C26H31ClFN3O5. The summed E-state index contributed by atoms with van der Waals surface area (Å²) in [5, 5.41) is 4.12. The highest BCUT2D eigenvalue weighted by Crippen LogP contribution is 2.36. The lowest BCUT2D eigenvalue weighted by atomic mass is 9.78. The van der Waals surface area contributed by atoms with Gasteiger partial charge in [-0.1, -0.05) is 22.8 Å². The molecule has 3 heterocycles. The fourth-order valence-corrected chi connectivity index (χ4v) is 5.57. The second-order valence-electron chi connectivity index (χ2n) is 9.39. The minimum atomic E-state index is -0.560. The molecule has 36 heavy (non-hydrogen) atoms. The van der Waals surface area contributed by atoms with Crippen molar-refractivity contribution in [2.75, 3.05) is 32.8 Å². The molecule has 0 aliphatic carbocycles. The van der Waals surface area contributed by atoms with Gasteiger partial charge >= 0.3 is 5.97 Å².